The van der Waals surface area contributed by atoms with Crippen LogP contribution in [0.2, 0.25) is 0 Å². The lowest BCUT2D eigenvalue weighted by Gasteiger charge is -2.22. The number of carbonyl (C=O) groups is 2. The van der Waals surface area contributed by atoms with Crippen LogP contribution in [0.3, 0.4) is 0 Å². The zero-order valence-corrected chi connectivity index (χ0v) is 13.3. The van der Waals surface area contributed by atoms with Crippen molar-refractivity contribution < 1.29 is 19.4 Å². The van der Waals surface area contributed by atoms with Crippen molar-refractivity contribution in [1.29, 1.82) is 0 Å². The number of nitrogens with zero attached hydrogens (tertiary/aromatic N) is 3. The number of ether oxygens (including phenoxy) is 1. The number of benzene rings is 1. The summed E-state index contributed by atoms with van der Waals surface area (Å²) >= 11 is 0. The van der Waals surface area contributed by atoms with Gasteiger partial charge in [0.05, 0.1) is 18.6 Å². The van der Waals surface area contributed by atoms with Gasteiger partial charge in [-0.25, -0.2) is 9.48 Å². The predicted molar refractivity (Wildman–Crippen MR) is 84.4 cm³/mol. The molecule has 1 aliphatic heterocycles. The number of methoxy groups -OCH3 is 1. The Morgan fingerprint density at radius 3 is 2.62 bits per heavy atom. The number of β-amino-alcohol motifs (C(OH)–C–C–N with tert-alkyl or cyclic N) is 1. The first-order valence-electron chi connectivity index (χ1n) is 7.47. The molecule has 0 unspecified atom stereocenters. The average Bonchev–Trinajstić information content (AvgIpc) is 2.98. The lowest BCUT2D eigenvalue weighted by atomic mass is 10.1. The number of hydrogen-bond acceptors (Lipinski definition) is 6. The van der Waals surface area contributed by atoms with Gasteiger partial charge in [-0.05, 0) is 6.07 Å². The molecule has 1 amide bonds. The average molecular weight is 331 g/mol. The highest BCUT2D eigenvalue weighted by Gasteiger charge is 2.41. The van der Waals surface area contributed by atoms with Crippen LogP contribution in [0.5, 0.6) is 0 Å². The molecule has 0 radical (unpaired) electrons. The van der Waals surface area contributed by atoms with E-state index in [1.165, 1.54) is 19.1 Å². The maximum absolute atomic E-state index is 12.9. The second-order valence-corrected chi connectivity index (χ2v) is 5.71. The summed E-state index contributed by atoms with van der Waals surface area (Å²) in [6, 6.07) is 5.80. The summed E-state index contributed by atoms with van der Waals surface area (Å²) in [4.78, 5) is 38.2. The summed E-state index contributed by atoms with van der Waals surface area (Å²) in [6.45, 7) is 0.0114. The second kappa shape index (κ2) is 6.04. The van der Waals surface area contributed by atoms with E-state index in [0.29, 0.717) is 10.8 Å². The monoisotopic (exact) mass is 331 g/mol. The van der Waals surface area contributed by atoms with Gasteiger partial charge in [-0.1, -0.05) is 18.2 Å². The van der Waals surface area contributed by atoms with Crippen molar-refractivity contribution in [3.8, 4) is 0 Å². The molecule has 2 aromatic rings. The number of rotatable bonds is 2. The third-order valence-corrected chi connectivity index (χ3v) is 4.17. The van der Waals surface area contributed by atoms with Crippen molar-refractivity contribution in [3.63, 3.8) is 0 Å². The standard InChI is InChI=1S/C16H17N3O5/c1-18-14(21)11-6-4-3-5-10(11)13(17-18)15(22)19-8-9(20)7-12(19)16(23)24-2/h3-6,9,12,20H,7-8H2,1-2H3/t9-,12-/m0/s1. The van der Waals surface area contributed by atoms with Gasteiger partial charge in [-0.3, -0.25) is 9.59 Å². The Kier molecular flexibility index (Phi) is 4.06. The molecule has 0 saturated carbocycles. The predicted octanol–water partition coefficient (Wildman–Crippen LogP) is -0.318. The van der Waals surface area contributed by atoms with Gasteiger partial charge < -0.3 is 14.7 Å². The number of aryl methyl sites for hydroxylation is 1. The second-order valence-electron chi connectivity index (χ2n) is 5.71. The van der Waals surface area contributed by atoms with Gasteiger partial charge >= 0.3 is 5.97 Å². The van der Waals surface area contributed by atoms with E-state index in [1.54, 1.807) is 24.3 Å². The van der Waals surface area contributed by atoms with E-state index in [4.69, 9.17) is 4.74 Å². The van der Waals surface area contributed by atoms with Gasteiger partial charge in [0.15, 0.2) is 5.69 Å². The molecule has 1 fully saturated rings. The zero-order valence-electron chi connectivity index (χ0n) is 13.3. The molecule has 24 heavy (non-hydrogen) atoms. The number of carbonyl (C=O) groups excluding carboxylic acids is 2. The minimum atomic E-state index is -0.865. The summed E-state index contributed by atoms with van der Waals surface area (Å²) in [5.74, 6) is -1.11. The molecule has 3 rings (SSSR count). The van der Waals surface area contributed by atoms with E-state index in [2.05, 4.69) is 5.10 Å². The molecule has 0 spiro atoms. The first kappa shape index (κ1) is 16.1. The van der Waals surface area contributed by atoms with Crippen molar-refractivity contribution in [2.75, 3.05) is 13.7 Å². The van der Waals surface area contributed by atoms with E-state index in [1.807, 2.05) is 0 Å². The smallest absolute Gasteiger partial charge is 0.328 e. The zero-order chi connectivity index (χ0) is 17.4. The fraction of sp³-hybridized carbons (Fsp3) is 0.375. The van der Waals surface area contributed by atoms with Gasteiger partial charge in [0.1, 0.15) is 6.04 Å². The molecular weight excluding hydrogens is 314 g/mol. The van der Waals surface area contributed by atoms with Gasteiger partial charge in [0, 0.05) is 25.4 Å². The molecule has 1 saturated heterocycles. The van der Waals surface area contributed by atoms with Gasteiger partial charge in [-0.2, -0.15) is 5.10 Å². The number of aromatic nitrogens is 2. The van der Waals surface area contributed by atoms with Crippen molar-refractivity contribution in [3.05, 3.63) is 40.3 Å². The van der Waals surface area contributed by atoms with Gasteiger partial charge in [0.2, 0.25) is 0 Å². The largest absolute Gasteiger partial charge is 0.467 e. The molecule has 1 N–H and O–H groups in total. The fourth-order valence-electron chi connectivity index (χ4n) is 2.99. The Morgan fingerprint density at radius 2 is 1.96 bits per heavy atom. The minimum Gasteiger partial charge on any atom is -0.467 e. The molecule has 126 valence electrons. The topological polar surface area (TPSA) is 102 Å². The van der Waals surface area contributed by atoms with Crippen LogP contribution in [0.25, 0.3) is 10.8 Å². The summed E-state index contributed by atoms with van der Waals surface area (Å²) in [6.07, 6.45) is -0.695. The number of amides is 1. The van der Waals surface area contributed by atoms with E-state index in [-0.39, 0.29) is 24.2 Å². The van der Waals surface area contributed by atoms with Crippen LogP contribution in [-0.4, -0.2) is 57.5 Å². The molecule has 0 aliphatic carbocycles. The molecule has 8 heteroatoms. The van der Waals surface area contributed by atoms with Crippen molar-refractivity contribution in [2.24, 2.45) is 7.05 Å². The molecule has 8 nitrogen and oxygen atoms in total. The van der Waals surface area contributed by atoms with Crippen LogP contribution in [0.15, 0.2) is 29.1 Å². The number of aliphatic hydroxyl groups is 1. The lowest BCUT2D eigenvalue weighted by molar-refractivity contribution is -0.145. The van der Waals surface area contributed by atoms with Gasteiger partial charge in [0.25, 0.3) is 11.5 Å². The molecule has 1 aliphatic rings. The van der Waals surface area contributed by atoms with Crippen LogP contribution in [0.1, 0.15) is 16.9 Å². The Hall–Kier alpha value is -2.74. The normalized spacial score (nSPS) is 20.4. The molecule has 2 atom stereocenters. The summed E-state index contributed by atoms with van der Waals surface area (Å²) in [5.41, 5.74) is -0.246. The van der Waals surface area contributed by atoms with Crippen LogP contribution in [0, 0.1) is 0 Å². The Morgan fingerprint density at radius 1 is 1.29 bits per heavy atom. The van der Waals surface area contributed by atoms with Crippen LogP contribution in [-0.2, 0) is 16.6 Å². The number of esters is 1. The minimum absolute atomic E-state index is 0.0114. The first-order chi connectivity index (χ1) is 11.4. The van der Waals surface area contributed by atoms with E-state index in [9.17, 15) is 19.5 Å². The highest BCUT2D eigenvalue weighted by molar-refractivity contribution is 6.06. The van der Waals surface area contributed by atoms with E-state index >= 15 is 0 Å². The number of hydrogen-bond donors (Lipinski definition) is 1. The lowest BCUT2D eigenvalue weighted by Crippen LogP contribution is -2.42. The Balaban J connectivity index is 2.10. The van der Waals surface area contributed by atoms with E-state index < -0.39 is 24.0 Å². The molecule has 2 heterocycles. The quantitative estimate of drug-likeness (QED) is 0.757. The highest BCUT2D eigenvalue weighted by Crippen LogP contribution is 2.23. The molecule has 0 bridgehead atoms. The SMILES string of the molecule is COC(=O)[C@@H]1C[C@H](O)CN1C(=O)c1nn(C)c(=O)c2ccccc12. The van der Waals surface area contributed by atoms with Crippen LogP contribution >= 0.6 is 0 Å². The maximum atomic E-state index is 12.9. The fourth-order valence-corrected chi connectivity index (χ4v) is 2.99. The molecule has 1 aromatic heterocycles. The third kappa shape index (κ3) is 2.54. The Labute approximate surface area is 137 Å². The summed E-state index contributed by atoms with van der Waals surface area (Å²) in [5, 5.41) is 14.7. The number of fused-ring (bicyclic) bond motifs is 1. The molecule has 1 aromatic carbocycles. The maximum Gasteiger partial charge on any atom is 0.328 e. The third-order valence-electron chi connectivity index (χ3n) is 4.17. The van der Waals surface area contributed by atoms with E-state index in [0.717, 1.165) is 4.68 Å². The number of aliphatic hydroxyl groups excluding tert-OH is 1. The first-order valence-corrected chi connectivity index (χ1v) is 7.47. The summed E-state index contributed by atoms with van der Waals surface area (Å²) in [7, 11) is 2.69. The summed E-state index contributed by atoms with van der Waals surface area (Å²) < 4.78 is 5.80. The van der Waals surface area contributed by atoms with Crippen molar-refractivity contribution >= 4 is 22.6 Å². The molecular formula is C16H17N3O5. The van der Waals surface area contributed by atoms with Crippen LogP contribution < -0.4 is 5.56 Å². The van der Waals surface area contributed by atoms with Crippen molar-refractivity contribution in [1.82, 2.24) is 14.7 Å². The Bertz CT molecular complexity index is 876. The van der Waals surface area contributed by atoms with Crippen molar-refractivity contribution in [2.45, 2.75) is 18.6 Å². The highest BCUT2D eigenvalue weighted by atomic mass is 16.5. The number of likely N-dealkylation sites (tertiary alicyclic amines) is 1. The van der Waals surface area contributed by atoms with Crippen LogP contribution in [0.4, 0.5) is 0 Å². The van der Waals surface area contributed by atoms with Gasteiger partial charge in [-0.15, -0.1) is 0 Å².